The first kappa shape index (κ1) is 18.2. The zero-order valence-electron chi connectivity index (χ0n) is 14.5. The van der Waals surface area contributed by atoms with Crippen LogP contribution in [0.1, 0.15) is 12.5 Å². The number of ether oxygens (including phenoxy) is 1. The van der Waals surface area contributed by atoms with E-state index in [-0.39, 0.29) is 29.5 Å². The van der Waals surface area contributed by atoms with Gasteiger partial charge in [-0.1, -0.05) is 42.5 Å². The number of esters is 1. The highest BCUT2D eigenvalue weighted by Gasteiger charge is 2.23. The van der Waals surface area contributed by atoms with E-state index in [0.29, 0.717) is 6.61 Å². The predicted octanol–water partition coefficient (Wildman–Crippen LogP) is -0.203. The van der Waals surface area contributed by atoms with Gasteiger partial charge in [-0.15, -0.1) is 0 Å². The number of imidazole rings is 2. The Morgan fingerprint density at radius 1 is 1.04 bits per heavy atom. The van der Waals surface area contributed by atoms with Crippen molar-refractivity contribution in [2.24, 2.45) is 0 Å². The number of para-hydroxylation sites is 2. The van der Waals surface area contributed by atoms with Gasteiger partial charge in [-0.05, 0) is 24.6 Å². The van der Waals surface area contributed by atoms with Crippen LogP contribution in [0.4, 0.5) is 0 Å². The lowest BCUT2D eigenvalue weighted by molar-refractivity contribution is -0.662. The van der Waals surface area contributed by atoms with Crippen molar-refractivity contribution in [3.05, 3.63) is 72.6 Å². The van der Waals surface area contributed by atoms with Gasteiger partial charge in [0.1, 0.15) is 17.2 Å². The van der Waals surface area contributed by atoms with Gasteiger partial charge in [0.25, 0.3) is 0 Å². The van der Waals surface area contributed by atoms with Crippen molar-refractivity contribution in [1.29, 1.82) is 0 Å². The number of aromatic nitrogens is 3. The summed E-state index contributed by atoms with van der Waals surface area (Å²) in [6.07, 6.45) is 3.93. The molecule has 2 aromatic heterocycles. The second kappa shape index (κ2) is 7.74. The summed E-state index contributed by atoms with van der Waals surface area (Å²) in [5, 5.41) is 0. The largest absolute Gasteiger partial charge is 1.00 e. The summed E-state index contributed by atoms with van der Waals surface area (Å²) >= 11 is 0. The number of rotatable bonds is 5. The maximum absolute atomic E-state index is 12.0. The van der Waals surface area contributed by atoms with Crippen molar-refractivity contribution in [2.45, 2.75) is 20.0 Å². The molecule has 26 heavy (non-hydrogen) atoms. The first-order valence-electron chi connectivity index (χ1n) is 8.45. The van der Waals surface area contributed by atoms with Gasteiger partial charge in [0, 0.05) is 0 Å². The maximum atomic E-state index is 12.0. The summed E-state index contributed by atoms with van der Waals surface area (Å²) in [5.74, 6) is 0.746. The van der Waals surface area contributed by atoms with Crippen molar-refractivity contribution in [2.75, 3.05) is 6.61 Å². The molecule has 134 valence electrons. The summed E-state index contributed by atoms with van der Waals surface area (Å²) in [4.78, 5) is 12.0. The second-order valence-corrected chi connectivity index (χ2v) is 5.96. The number of nitrogens with zero attached hydrogens (tertiary/aromatic N) is 3. The molecule has 4 aromatic rings. The van der Waals surface area contributed by atoms with Crippen LogP contribution in [0.15, 0.2) is 67.0 Å². The van der Waals surface area contributed by atoms with Crippen molar-refractivity contribution in [3.63, 3.8) is 0 Å². The second-order valence-electron chi connectivity index (χ2n) is 5.96. The molecule has 0 N–H and O–H groups in total. The summed E-state index contributed by atoms with van der Waals surface area (Å²) in [6, 6.07) is 18.6. The molecule has 2 aromatic carbocycles. The first-order chi connectivity index (χ1) is 12.3. The van der Waals surface area contributed by atoms with Gasteiger partial charge in [0.05, 0.1) is 19.3 Å². The number of benzene rings is 2. The van der Waals surface area contributed by atoms with E-state index in [0.717, 1.165) is 23.4 Å². The van der Waals surface area contributed by atoms with Gasteiger partial charge >= 0.3 is 11.7 Å². The van der Waals surface area contributed by atoms with Crippen LogP contribution in [0.25, 0.3) is 16.8 Å². The summed E-state index contributed by atoms with van der Waals surface area (Å²) in [7, 11) is 0. The molecule has 0 aliphatic rings. The topological polar surface area (TPSA) is 39.5 Å². The number of carbonyl (C=O) groups excluding carboxylic acids is 1. The average Bonchev–Trinajstić information content (AvgIpc) is 3.16. The van der Waals surface area contributed by atoms with E-state index < -0.39 is 0 Å². The predicted molar refractivity (Wildman–Crippen MR) is 95.3 cm³/mol. The number of carbonyl (C=O) groups is 1. The van der Waals surface area contributed by atoms with Crippen LogP contribution in [-0.4, -0.2) is 21.5 Å². The van der Waals surface area contributed by atoms with E-state index in [1.54, 1.807) is 0 Å². The fourth-order valence-corrected chi connectivity index (χ4v) is 3.29. The normalized spacial score (nSPS) is 10.8. The third-order valence-corrected chi connectivity index (χ3v) is 4.33. The van der Waals surface area contributed by atoms with Crippen molar-refractivity contribution in [1.82, 2.24) is 8.97 Å². The molecule has 0 spiro atoms. The summed E-state index contributed by atoms with van der Waals surface area (Å²) in [6.45, 7) is 3.16. The minimum absolute atomic E-state index is 0. The quantitative estimate of drug-likeness (QED) is 0.335. The Hall–Kier alpha value is -2.60. The van der Waals surface area contributed by atoms with Gasteiger partial charge in [-0.3, -0.25) is 0 Å². The van der Waals surface area contributed by atoms with E-state index in [2.05, 4.69) is 33.2 Å². The first-order valence-corrected chi connectivity index (χ1v) is 8.45. The number of halogens is 1. The van der Waals surface area contributed by atoms with Crippen molar-refractivity contribution in [3.8, 4) is 0 Å². The molecule has 0 radical (unpaired) electrons. The van der Waals surface area contributed by atoms with Crippen LogP contribution in [0.2, 0.25) is 0 Å². The third kappa shape index (κ3) is 3.24. The Kier molecular flexibility index (Phi) is 5.42. The molecule has 6 heteroatoms. The Morgan fingerprint density at radius 2 is 1.73 bits per heavy atom. The standard InChI is InChI=1S/C20H20N3O2.BrH/c1-2-25-19(24)15-21-12-13-22-17-10-6-7-11-18(17)23(20(21)22)14-16-8-4-3-5-9-16;/h3-13H,2,14-15H2,1H3;1H/q+1;/p-1. The van der Waals surface area contributed by atoms with Gasteiger partial charge in [-0.2, -0.15) is 4.40 Å². The van der Waals surface area contributed by atoms with E-state index >= 15 is 0 Å². The van der Waals surface area contributed by atoms with Crippen LogP contribution >= 0.6 is 0 Å². The molecule has 2 heterocycles. The molecule has 4 rings (SSSR count). The molecule has 0 aliphatic heterocycles. The van der Waals surface area contributed by atoms with Gasteiger partial charge in [0.2, 0.25) is 0 Å². The number of hydrogen-bond acceptors (Lipinski definition) is 2. The van der Waals surface area contributed by atoms with Crippen molar-refractivity contribution >= 4 is 22.8 Å². The van der Waals surface area contributed by atoms with Gasteiger partial charge in [0.15, 0.2) is 6.54 Å². The average molecular weight is 414 g/mol. The molecule has 0 aliphatic carbocycles. The molecule has 0 atom stereocenters. The van der Waals surface area contributed by atoms with Crippen LogP contribution in [0.3, 0.4) is 0 Å². The molecular formula is C20H20BrN3O2. The molecule has 0 fully saturated rings. The lowest BCUT2D eigenvalue weighted by Crippen LogP contribution is -3.00. The molecule has 0 bridgehead atoms. The van der Waals surface area contributed by atoms with Gasteiger partial charge < -0.3 is 21.7 Å². The van der Waals surface area contributed by atoms with E-state index in [1.807, 2.05) is 54.2 Å². The lowest BCUT2D eigenvalue weighted by atomic mass is 10.2. The Bertz CT molecular complexity index is 1040. The molecule has 0 saturated carbocycles. The molecule has 5 nitrogen and oxygen atoms in total. The maximum Gasteiger partial charge on any atom is 0.370 e. The van der Waals surface area contributed by atoms with Crippen LogP contribution < -0.4 is 21.5 Å². The van der Waals surface area contributed by atoms with Crippen molar-refractivity contribution < 1.29 is 31.1 Å². The van der Waals surface area contributed by atoms with Crippen LogP contribution in [0, 0.1) is 0 Å². The minimum atomic E-state index is -0.225. The monoisotopic (exact) mass is 413 g/mol. The zero-order valence-corrected chi connectivity index (χ0v) is 16.1. The Labute approximate surface area is 162 Å². The molecule has 0 amide bonds. The fourth-order valence-electron chi connectivity index (χ4n) is 3.29. The molecule has 0 unspecified atom stereocenters. The van der Waals surface area contributed by atoms with E-state index in [9.17, 15) is 4.79 Å². The highest BCUT2D eigenvalue weighted by molar-refractivity contribution is 5.80. The highest BCUT2D eigenvalue weighted by Crippen LogP contribution is 2.20. The van der Waals surface area contributed by atoms with Crippen LogP contribution in [-0.2, 0) is 22.6 Å². The highest BCUT2D eigenvalue weighted by atomic mass is 79.9. The smallest absolute Gasteiger partial charge is 0.370 e. The summed E-state index contributed by atoms with van der Waals surface area (Å²) < 4.78 is 11.4. The lowest BCUT2D eigenvalue weighted by Gasteiger charge is -2.04. The molecule has 0 saturated heterocycles. The van der Waals surface area contributed by atoms with Gasteiger partial charge in [-0.25, -0.2) is 13.9 Å². The fraction of sp³-hybridized carbons (Fsp3) is 0.200. The number of fused-ring (bicyclic) bond motifs is 3. The zero-order chi connectivity index (χ0) is 17.2. The molecular weight excluding hydrogens is 394 g/mol. The Morgan fingerprint density at radius 3 is 2.46 bits per heavy atom. The van der Waals surface area contributed by atoms with E-state index in [1.165, 1.54) is 5.56 Å². The number of hydrogen-bond donors (Lipinski definition) is 0. The van der Waals surface area contributed by atoms with E-state index in [4.69, 9.17) is 4.74 Å². The van der Waals surface area contributed by atoms with Crippen LogP contribution in [0.5, 0.6) is 0 Å². The summed E-state index contributed by atoms with van der Waals surface area (Å²) in [5.41, 5.74) is 3.48. The third-order valence-electron chi connectivity index (χ3n) is 4.33. The Balaban J connectivity index is 0.00000196. The SMILES string of the molecule is CCOC(=O)C[n+]1ccn2c3ccccc3n(Cc3ccccc3)c21.[Br-]. The minimum Gasteiger partial charge on any atom is -1.00 e.